The van der Waals surface area contributed by atoms with Gasteiger partial charge < -0.3 is 10.2 Å². The van der Waals surface area contributed by atoms with Crippen molar-refractivity contribution < 1.29 is 22.4 Å². The molecule has 0 saturated carbocycles. The molecule has 4 aromatic rings. The molecular weight excluding hydrogens is 541 g/mol. The molecule has 41 heavy (non-hydrogen) atoms. The van der Waals surface area contributed by atoms with Gasteiger partial charge in [-0.2, -0.15) is 4.31 Å². The molecule has 4 aromatic carbocycles. The monoisotopic (exact) mass is 575 g/mol. The number of carbonyl (C=O) groups excluding carboxylic acids is 2. The van der Waals surface area contributed by atoms with Crippen LogP contribution < -0.4 is 5.32 Å². The highest BCUT2D eigenvalue weighted by Gasteiger charge is 2.33. The lowest BCUT2D eigenvalue weighted by Crippen LogP contribution is -2.53. The molecule has 0 aliphatic heterocycles. The molecule has 0 fully saturated rings. The highest BCUT2D eigenvalue weighted by atomic mass is 32.2. The first kappa shape index (κ1) is 29.9. The van der Waals surface area contributed by atoms with Crippen molar-refractivity contribution in [3.05, 3.63) is 114 Å². The van der Waals surface area contributed by atoms with Crippen LogP contribution in [-0.4, -0.2) is 55.6 Å². The average molecular weight is 576 g/mol. The quantitative estimate of drug-likeness (QED) is 0.264. The Morgan fingerprint density at radius 3 is 2.20 bits per heavy atom. The average Bonchev–Trinajstić information content (AvgIpc) is 2.98. The summed E-state index contributed by atoms with van der Waals surface area (Å²) in [5, 5.41) is 4.55. The number of hydrogen-bond acceptors (Lipinski definition) is 4. The fourth-order valence-corrected chi connectivity index (χ4v) is 5.74. The van der Waals surface area contributed by atoms with Gasteiger partial charge in [0, 0.05) is 26.6 Å². The largest absolute Gasteiger partial charge is 0.354 e. The number of fused-ring (bicyclic) bond motifs is 1. The molecule has 0 spiro atoms. The van der Waals surface area contributed by atoms with Gasteiger partial charge >= 0.3 is 0 Å². The van der Waals surface area contributed by atoms with E-state index in [0.717, 1.165) is 20.6 Å². The first-order valence-corrected chi connectivity index (χ1v) is 14.9. The van der Waals surface area contributed by atoms with Crippen LogP contribution in [0.15, 0.2) is 102 Å². The highest BCUT2D eigenvalue weighted by Crippen LogP contribution is 2.22. The molecule has 0 radical (unpaired) electrons. The molecule has 4 rings (SSSR count). The lowest BCUT2D eigenvalue weighted by atomic mass is 10.0. The van der Waals surface area contributed by atoms with Crippen molar-refractivity contribution in [3.63, 3.8) is 0 Å². The second kappa shape index (κ2) is 13.5. The minimum atomic E-state index is -4.02. The lowest BCUT2D eigenvalue weighted by Gasteiger charge is -2.32. The molecule has 1 atom stereocenters. The van der Waals surface area contributed by atoms with Crippen LogP contribution in [0.5, 0.6) is 0 Å². The molecule has 0 aliphatic rings. The van der Waals surface area contributed by atoms with E-state index in [2.05, 4.69) is 5.32 Å². The number of nitrogens with one attached hydrogen (secondary N) is 1. The summed E-state index contributed by atoms with van der Waals surface area (Å²) in [6, 6.07) is 26.3. The second-order valence-corrected chi connectivity index (χ2v) is 12.0. The molecule has 1 N–H and O–H groups in total. The molecule has 0 aromatic heterocycles. The maximum absolute atomic E-state index is 13.9. The van der Waals surface area contributed by atoms with E-state index >= 15 is 0 Å². The maximum atomic E-state index is 13.9. The van der Waals surface area contributed by atoms with Crippen molar-refractivity contribution in [2.45, 2.75) is 37.2 Å². The number of sulfonamides is 1. The van der Waals surface area contributed by atoms with Crippen molar-refractivity contribution in [2.75, 3.05) is 20.1 Å². The third-order valence-electron chi connectivity index (χ3n) is 6.87. The molecule has 0 bridgehead atoms. The number of benzene rings is 4. The smallest absolute Gasteiger partial charge is 0.243 e. The normalized spacial score (nSPS) is 12.3. The number of nitrogens with zero attached hydrogens (tertiary/aromatic N) is 2. The van der Waals surface area contributed by atoms with E-state index in [-0.39, 0.29) is 23.8 Å². The van der Waals surface area contributed by atoms with Crippen molar-refractivity contribution in [1.82, 2.24) is 14.5 Å². The second-order valence-electron chi connectivity index (χ2n) is 9.91. The Morgan fingerprint density at radius 1 is 0.854 bits per heavy atom. The van der Waals surface area contributed by atoms with Gasteiger partial charge in [-0.05, 0) is 52.6 Å². The van der Waals surface area contributed by atoms with Crippen molar-refractivity contribution in [3.8, 4) is 0 Å². The summed E-state index contributed by atoms with van der Waals surface area (Å²) >= 11 is 0. The molecule has 0 heterocycles. The van der Waals surface area contributed by atoms with Gasteiger partial charge in [0.25, 0.3) is 0 Å². The summed E-state index contributed by atoms with van der Waals surface area (Å²) in [6.07, 6.45) is 0.937. The van der Waals surface area contributed by atoms with Gasteiger partial charge in [0.15, 0.2) is 0 Å². The summed E-state index contributed by atoms with van der Waals surface area (Å²) in [5.41, 5.74) is 1.46. The van der Waals surface area contributed by atoms with E-state index in [1.807, 2.05) is 61.5 Å². The Kier molecular flexibility index (Phi) is 9.86. The van der Waals surface area contributed by atoms with Crippen LogP contribution in [0.3, 0.4) is 0 Å². The number of carbonyl (C=O) groups is 2. The van der Waals surface area contributed by atoms with E-state index < -0.39 is 34.3 Å². The molecule has 7 nitrogen and oxygen atoms in total. The summed E-state index contributed by atoms with van der Waals surface area (Å²) in [6.45, 7) is 1.88. The van der Waals surface area contributed by atoms with Gasteiger partial charge in [0.05, 0.1) is 11.4 Å². The Labute approximate surface area is 240 Å². The number of likely N-dealkylation sites (N-methyl/N-ethyl adjacent to an activating group) is 1. The van der Waals surface area contributed by atoms with E-state index in [1.165, 1.54) is 30.1 Å². The Hall–Kier alpha value is -4.08. The van der Waals surface area contributed by atoms with Crippen LogP contribution in [0.25, 0.3) is 10.8 Å². The van der Waals surface area contributed by atoms with Crippen LogP contribution in [0, 0.1) is 5.82 Å². The summed E-state index contributed by atoms with van der Waals surface area (Å²) in [7, 11) is -2.67. The van der Waals surface area contributed by atoms with Gasteiger partial charge in [0.2, 0.25) is 21.8 Å². The van der Waals surface area contributed by atoms with Crippen molar-refractivity contribution >= 4 is 32.6 Å². The van der Waals surface area contributed by atoms with E-state index in [4.69, 9.17) is 0 Å². The van der Waals surface area contributed by atoms with Crippen LogP contribution in [0.4, 0.5) is 4.39 Å². The zero-order chi connectivity index (χ0) is 29.4. The highest BCUT2D eigenvalue weighted by molar-refractivity contribution is 7.89. The number of amides is 2. The van der Waals surface area contributed by atoms with E-state index in [0.29, 0.717) is 18.5 Å². The van der Waals surface area contributed by atoms with Gasteiger partial charge in [-0.25, -0.2) is 12.8 Å². The third-order valence-corrected chi connectivity index (χ3v) is 8.67. The van der Waals surface area contributed by atoms with Crippen LogP contribution in [0.2, 0.25) is 0 Å². The SMILES string of the molecule is CCCNC(=O)[C@@H](Cc1ccccc1)N(Cc1ccc(F)cc1)C(=O)CN(C)S(=O)(=O)c1ccc2ccccc2c1. The number of hydrogen-bond donors (Lipinski definition) is 1. The van der Waals surface area contributed by atoms with Gasteiger partial charge in [0.1, 0.15) is 11.9 Å². The third kappa shape index (κ3) is 7.56. The predicted octanol–water partition coefficient (Wildman–Crippen LogP) is 4.77. The number of halogens is 1. The minimum Gasteiger partial charge on any atom is -0.354 e. The molecule has 9 heteroatoms. The van der Waals surface area contributed by atoms with Gasteiger partial charge in [-0.15, -0.1) is 0 Å². The lowest BCUT2D eigenvalue weighted by molar-refractivity contribution is -0.141. The topological polar surface area (TPSA) is 86.8 Å². The molecule has 0 aliphatic carbocycles. The van der Waals surface area contributed by atoms with E-state index in [1.54, 1.807) is 24.3 Å². The fourth-order valence-electron chi connectivity index (χ4n) is 4.58. The molecule has 214 valence electrons. The standard InChI is InChI=1S/C32H34FN3O4S/c1-3-19-34-32(38)30(20-24-9-5-4-6-10-24)36(22-25-13-16-28(33)17-14-25)31(37)23-35(2)41(39,40)29-18-15-26-11-7-8-12-27(26)21-29/h4-18,21,30H,3,19-20,22-23H2,1-2H3,(H,34,38)/t30-/m1/s1. The first-order chi connectivity index (χ1) is 19.7. The minimum absolute atomic E-state index is 0.0000206. The Bertz CT molecular complexity index is 1590. The zero-order valence-electron chi connectivity index (χ0n) is 23.2. The molecule has 0 saturated heterocycles. The maximum Gasteiger partial charge on any atom is 0.243 e. The molecule has 0 unspecified atom stereocenters. The van der Waals surface area contributed by atoms with Gasteiger partial charge in [-0.1, -0.05) is 79.7 Å². The molecule has 2 amide bonds. The van der Waals surface area contributed by atoms with E-state index in [9.17, 15) is 22.4 Å². The zero-order valence-corrected chi connectivity index (χ0v) is 24.0. The van der Waals surface area contributed by atoms with Gasteiger partial charge in [-0.3, -0.25) is 9.59 Å². The summed E-state index contributed by atoms with van der Waals surface area (Å²) in [5.74, 6) is -1.31. The van der Waals surface area contributed by atoms with Crippen molar-refractivity contribution in [1.29, 1.82) is 0 Å². The van der Waals surface area contributed by atoms with Crippen LogP contribution >= 0.6 is 0 Å². The van der Waals surface area contributed by atoms with Crippen LogP contribution in [0.1, 0.15) is 24.5 Å². The fraction of sp³-hybridized carbons (Fsp3) is 0.250. The Morgan fingerprint density at radius 2 is 1.51 bits per heavy atom. The summed E-state index contributed by atoms with van der Waals surface area (Å²) in [4.78, 5) is 28.8. The summed E-state index contributed by atoms with van der Waals surface area (Å²) < 4.78 is 41.6. The first-order valence-electron chi connectivity index (χ1n) is 13.5. The predicted molar refractivity (Wildman–Crippen MR) is 158 cm³/mol. The molecular formula is C32H34FN3O4S. The Balaban J connectivity index is 1.65. The number of rotatable bonds is 12. The van der Waals surface area contributed by atoms with Crippen molar-refractivity contribution in [2.24, 2.45) is 0 Å². The van der Waals surface area contributed by atoms with Crippen LogP contribution in [-0.2, 0) is 32.6 Å².